The quantitative estimate of drug-likeness (QED) is 0.679. The van der Waals surface area contributed by atoms with Crippen LogP contribution in [0.1, 0.15) is 25.8 Å². The SMILES string of the molecule is CCCP(=O)(OCC)Oc1ccc(C(F)(F)F)c(OC)c1. The lowest BCUT2D eigenvalue weighted by Crippen LogP contribution is -2.08. The normalized spacial score (nSPS) is 14.6. The summed E-state index contributed by atoms with van der Waals surface area (Å²) in [6.07, 6.45) is -3.78. The highest BCUT2D eigenvalue weighted by Crippen LogP contribution is 2.50. The van der Waals surface area contributed by atoms with E-state index in [1.54, 1.807) is 6.92 Å². The molecule has 0 bridgehead atoms. The maximum absolute atomic E-state index is 12.7. The lowest BCUT2D eigenvalue weighted by atomic mass is 10.2. The van der Waals surface area contributed by atoms with E-state index in [1.165, 1.54) is 0 Å². The van der Waals surface area contributed by atoms with Crippen LogP contribution in [-0.4, -0.2) is 19.9 Å². The van der Waals surface area contributed by atoms with Gasteiger partial charge in [-0.05, 0) is 25.5 Å². The molecule has 1 rings (SSSR count). The van der Waals surface area contributed by atoms with Gasteiger partial charge >= 0.3 is 13.8 Å². The minimum Gasteiger partial charge on any atom is -0.496 e. The summed E-state index contributed by atoms with van der Waals surface area (Å²) in [5.74, 6) is -0.371. The van der Waals surface area contributed by atoms with Crippen molar-refractivity contribution in [2.45, 2.75) is 26.4 Å². The van der Waals surface area contributed by atoms with Crippen LogP contribution >= 0.6 is 7.60 Å². The molecule has 0 aliphatic carbocycles. The van der Waals surface area contributed by atoms with Crippen molar-refractivity contribution in [2.75, 3.05) is 19.9 Å². The highest BCUT2D eigenvalue weighted by Gasteiger charge is 2.35. The highest BCUT2D eigenvalue weighted by molar-refractivity contribution is 7.54. The van der Waals surface area contributed by atoms with Crippen molar-refractivity contribution in [3.8, 4) is 11.5 Å². The number of benzene rings is 1. The lowest BCUT2D eigenvalue weighted by Gasteiger charge is -2.19. The molecule has 1 unspecified atom stereocenters. The number of alkyl halides is 3. The molecule has 1 aromatic rings. The van der Waals surface area contributed by atoms with Crippen molar-refractivity contribution in [1.82, 2.24) is 0 Å². The summed E-state index contributed by atoms with van der Waals surface area (Å²) in [5, 5.41) is 0. The zero-order valence-electron chi connectivity index (χ0n) is 12.1. The van der Waals surface area contributed by atoms with Crippen LogP contribution in [0.3, 0.4) is 0 Å². The molecule has 0 aromatic heterocycles. The number of hydrogen-bond acceptors (Lipinski definition) is 4. The Morgan fingerprint density at radius 3 is 2.38 bits per heavy atom. The fourth-order valence-electron chi connectivity index (χ4n) is 1.73. The fourth-order valence-corrected chi connectivity index (χ4v) is 3.38. The van der Waals surface area contributed by atoms with Gasteiger partial charge in [0.1, 0.15) is 11.5 Å². The molecule has 21 heavy (non-hydrogen) atoms. The highest BCUT2D eigenvalue weighted by atomic mass is 31.2. The van der Waals surface area contributed by atoms with E-state index in [0.29, 0.717) is 6.42 Å². The van der Waals surface area contributed by atoms with Crippen LogP contribution in [0.15, 0.2) is 18.2 Å². The fraction of sp³-hybridized carbons (Fsp3) is 0.538. The van der Waals surface area contributed by atoms with Gasteiger partial charge in [-0.1, -0.05) is 6.92 Å². The molecule has 0 saturated heterocycles. The summed E-state index contributed by atoms with van der Waals surface area (Å²) in [6, 6.07) is 2.99. The van der Waals surface area contributed by atoms with Crippen LogP contribution in [0.25, 0.3) is 0 Å². The van der Waals surface area contributed by atoms with Gasteiger partial charge in [0.05, 0.1) is 25.4 Å². The van der Waals surface area contributed by atoms with E-state index in [-0.39, 0.29) is 24.3 Å². The monoisotopic (exact) mass is 326 g/mol. The molecule has 0 heterocycles. The van der Waals surface area contributed by atoms with Gasteiger partial charge in [0.2, 0.25) is 0 Å². The van der Waals surface area contributed by atoms with Crippen LogP contribution in [0.5, 0.6) is 11.5 Å². The largest absolute Gasteiger partial charge is 0.496 e. The van der Waals surface area contributed by atoms with E-state index in [0.717, 1.165) is 25.3 Å². The number of hydrogen-bond donors (Lipinski definition) is 0. The second kappa shape index (κ2) is 7.18. The van der Waals surface area contributed by atoms with Crippen LogP contribution in [0.2, 0.25) is 0 Å². The molecule has 0 saturated carbocycles. The summed E-state index contributed by atoms with van der Waals surface area (Å²) in [4.78, 5) is 0. The molecular weight excluding hydrogens is 308 g/mol. The van der Waals surface area contributed by atoms with E-state index in [9.17, 15) is 17.7 Å². The molecule has 4 nitrogen and oxygen atoms in total. The average molecular weight is 326 g/mol. The summed E-state index contributed by atoms with van der Waals surface area (Å²) in [6.45, 7) is 3.66. The summed E-state index contributed by atoms with van der Waals surface area (Å²) < 4.78 is 65.7. The van der Waals surface area contributed by atoms with E-state index < -0.39 is 19.3 Å². The van der Waals surface area contributed by atoms with Gasteiger partial charge in [0.15, 0.2) is 0 Å². The Morgan fingerprint density at radius 1 is 1.24 bits per heavy atom. The molecule has 1 aromatic carbocycles. The van der Waals surface area contributed by atoms with Crippen molar-refractivity contribution in [3.05, 3.63) is 23.8 Å². The lowest BCUT2D eigenvalue weighted by molar-refractivity contribution is -0.138. The summed E-state index contributed by atoms with van der Waals surface area (Å²) >= 11 is 0. The Bertz CT molecular complexity index is 507. The van der Waals surface area contributed by atoms with Gasteiger partial charge in [0.25, 0.3) is 0 Å². The molecule has 8 heteroatoms. The Labute approximate surface area is 121 Å². The van der Waals surface area contributed by atoms with Crippen LogP contribution in [-0.2, 0) is 15.3 Å². The Kier molecular flexibility index (Phi) is 6.10. The Hall–Kier alpha value is -1.20. The van der Waals surface area contributed by atoms with Gasteiger partial charge in [-0.3, -0.25) is 0 Å². The number of ether oxygens (including phenoxy) is 1. The second-order valence-electron chi connectivity index (χ2n) is 4.20. The topological polar surface area (TPSA) is 44.8 Å². The van der Waals surface area contributed by atoms with E-state index in [1.807, 2.05) is 6.92 Å². The van der Waals surface area contributed by atoms with Crippen molar-refractivity contribution in [2.24, 2.45) is 0 Å². The third-order valence-corrected chi connectivity index (χ3v) is 4.68. The predicted octanol–water partition coefficient (Wildman–Crippen LogP) is 4.73. The third-order valence-electron chi connectivity index (χ3n) is 2.55. The van der Waals surface area contributed by atoms with Gasteiger partial charge < -0.3 is 13.8 Å². The van der Waals surface area contributed by atoms with Crippen molar-refractivity contribution >= 4 is 7.60 Å². The zero-order chi connectivity index (χ0) is 16.1. The van der Waals surface area contributed by atoms with Gasteiger partial charge in [0, 0.05) is 6.07 Å². The molecule has 0 N–H and O–H groups in total. The molecule has 0 radical (unpaired) electrons. The standard InChI is InChI=1S/C13H18F3O4P/c1-4-8-21(17,19-5-2)20-10-6-7-11(13(14,15)16)12(9-10)18-3/h6-7,9H,4-5,8H2,1-3H3. The predicted molar refractivity (Wildman–Crippen MR) is 73.0 cm³/mol. The van der Waals surface area contributed by atoms with Crippen LogP contribution < -0.4 is 9.26 Å². The molecule has 1 atom stereocenters. The average Bonchev–Trinajstić information content (AvgIpc) is 2.37. The minimum atomic E-state index is -4.53. The Morgan fingerprint density at radius 2 is 1.90 bits per heavy atom. The number of rotatable bonds is 7. The third kappa shape index (κ3) is 4.93. The molecular formula is C13H18F3O4P. The molecule has 120 valence electrons. The van der Waals surface area contributed by atoms with E-state index >= 15 is 0 Å². The number of halogens is 3. The van der Waals surface area contributed by atoms with Gasteiger partial charge in [-0.2, -0.15) is 13.2 Å². The molecule has 0 aliphatic heterocycles. The molecule has 0 aliphatic rings. The first-order chi connectivity index (χ1) is 9.75. The minimum absolute atomic E-state index is 0.0186. The summed E-state index contributed by atoms with van der Waals surface area (Å²) in [5.41, 5.74) is -0.918. The second-order valence-corrected chi connectivity index (χ2v) is 6.31. The molecule has 0 amide bonds. The smallest absolute Gasteiger partial charge is 0.419 e. The maximum atomic E-state index is 12.7. The van der Waals surface area contributed by atoms with E-state index in [4.69, 9.17) is 13.8 Å². The van der Waals surface area contributed by atoms with E-state index in [2.05, 4.69) is 0 Å². The zero-order valence-corrected chi connectivity index (χ0v) is 13.0. The number of methoxy groups -OCH3 is 1. The van der Waals surface area contributed by atoms with Crippen LogP contribution in [0.4, 0.5) is 13.2 Å². The van der Waals surface area contributed by atoms with Crippen LogP contribution in [0, 0.1) is 0 Å². The van der Waals surface area contributed by atoms with Crippen molar-refractivity contribution in [3.63, 3.8) is 0 Å². The van der Waals surface area contributed by atoms with Gasteiger partial charge in [-0.25, -0.2) is 4.57 Å². The first kappa shape index (κ1) is 17.9. The summed E-state index contributed by atoms with van der Waals surface area (Å²) in [7, 11) is -2.24. The molecule has 0 spiro atoms. The Balaban J connectivity index is 3.07. The maximum Gasteiger partial charge on any atom is 0.419 e. The first-order valence-electron chi connectivity index (χ1n) is 6.44. The first-order valence-corrected chi connectivity index (χ1v) is 8.17. The van der Waals surface area contributed by atoms with Crippen molar-refractivity contribution in [1.29, 1.82) is 0 Å². The van der Waals surface area contributed by atoms with Gasteiger partial charge in [-0.15, -0.1) is 0 Å². The molecule has 0 fully saturated rings. The van der Waals surface area contributed by atoms with Crippen molar-refractivity contribution < 1.29 is 31.5 Å².